The van der Waals surface area contributed by atoms with E-state index in [1.165, 1.54) is 0 Å². The Labute approximate surface area is 132 Å². The van der Waals surface area contributed by atoms with E-state index in [9.17, 15) is 0 Å². The molecular weight excluding hydrogens is 299 g/mol. The number of hydrogen-bond acceptors (Lipinski definition) is 2. The summed E-state index contributed by atoms with van der Waals surface area (Å²) < 4.78 is 5.91. The number of thiol groups is 1. The largest absolute Gasteiger partial charge is 0.491 e. The van der Waals surface area contributed by atoms with E-state index in [-0.39, 0.29) is 5.41 Å². The Morgan fingerprint density at radius 1 is 1.16 bits per heavy atom. The van der Waals surface area contributed by atoms with Gasteiger partial charge in [-0.3, -0.25) is 0 Å². The van der Waals surface area contributed by atoms with E-state index in [0.29, 0.717) is 22.4 Å². The summed E-state index contributed by atoms with van der Waals surface area (Å²) >= 11 is 16.6. The fraction of sp³-hybridized carbons (Fsp3) is 0.600. The summed E-state index contributed by atoms with van der Waals surface area (Å²) in [5, 5.41) is 1.24. The van der Waals surface area contributed by atoms with Gasteiger partial charge in [-0.15, -0.1) is 0 Å². The van der Waals surface area contributed by atoms with Crippen molar-refractivity contribution in [2.75, 3.05) is 12.4 Å². The molecule has 1 nitrogen and oxygen atoms in total. The second-order valence-electron chi connectivity index (χ2n) is 5.02. The van der Waals surface area contributed by atoms with Crippen LogP contribution in [0.1, 0.15) is 39.5 Å². The molecule has 0 saturated carbocycles. The van der Waals surface area contributed by atoms with Crippen LogP contribution in [-0.2, 0) is 0 Å². The van der Waals surface area contributed by atoms with Gasteiger partial charge in [-0.05, 0) is 30.7 Å². The van der Waals surface area contributed by atoms with Crippen LogP contribution in [0.5, 0.6) is 5.75 Å². The highest BCUT2D eigenvalue weighted by Crippen LogP contribution is 2.34. The van der Waals surface area contributed by atoms with Crippen molar-refractivity contribution in [3.8, 4) is 5.75 Å². The second-order valence-corrected chi connectivity index (χ2v) is 6.18. The van der Waals surface area contributed by atoms with Gasteiger partial charge < -0.3 is 4.74 Å². The Balaban J connectivity index is 2.77. The maximum absolute atomic E-state index is 6.12. The molecule has 0 N–H and O–H groups in total. The molecule has 108 valence electrons. The van der Waals surface area contributed by atoms with Crippen molar-refractivity contribution in [1.29, 1.82) is 0 Å². The molecule has 0 fully saturated rings. The monoisotopic (exact) mass is 320 g/mol. The number of hydrogen-bond donors (Lipinski definition) is 1. The molecule has 0 radical (unpaired) electrons. The van der Waals surface area contributed by atoms with Gasteiger partial charge in [-0.25, -0.2) is 0 Å². The van der Waals surface area contributed by atoms with Gasteiger partial charge in [-0.1, -0.05) is 49.9 Å². The first kappa shape index (κ1) is 17.0. The van der Waals surface area contributed by atoms with Gasteiger partial charge in [0.25, 0.3) is 0 Å². The molecular formula is C15H22Cl2OS. The predicted octanol–water partition coefficient (Wildman–Crippen LogP) is 5.89. The summed E-state index contributed by atoms with van der Waals surface area (Å²) in [6, 6.07) is 5.30. The van der Waals surface area contributed by atoms with Crippen LogP contribution < -0.4 is 4.74 Å². The maximum Gasteiger partial charge on any atom is 0.139 e. The minimum atomic E-state index is 0.123. The van der Waals surface area contributed by atoms with E-state index in [2.05, 4.69) is 26.5 Å². The first-order valence-corrected chi connectivity index (χ1v) is 8.14. The average Bonchev–Trinajstić information content (AvgIpc) is 2.40. The third-order valence-electron chi connectivity index (χ3n) is 3.32. The first-order valence-electron chi connectivity index (χ1n) is 6.75. The van der Waals surface area contributed by atoms with Crippen LogP contribution >= 0.6 is 35.8 Å². The lowest BCUT2D eigenvalue weighted by atomic mass is 9.82. The standard InChI is InChI=1S/C15H22Cl2OS/c1-3-7-15(11-19,8-4-2)10-18-14-9-12(16)5-6-13(14)17/h5-6,9,19H,3-4,7-8,10-11H2,1-2H3. The topological polar surface area (TPSA) is 9.23 Å². The first-order chi connectivity index (χ1) is 9.06. The van der Waals surface area contributed by atoms with Crippen molar-refractivity contribution in [2.45, 2.75) is 39.5 Å². The lowest BCUT2D eigenvalue weighted by Crippen LogP contribution is -2.30. The molecule has 0 bridgehead atoms. The second kappa shape index (κ2) is 8.28. The van der Waals surface area contributed by atoms with Crippen molar-refractivity contribution in [3.05, 3.63) is 28.2 Å². The lowest BCUT2D eigenvalue weighted by molar-refractivity contribution is 0.144. The Bertz CT molecular complexity index is 390. The van der Waals surface area contributed by atoms with Gasteiger partial charge in [0, 0.05) is 16.5 Å². The Morgan fingerprint density at radius 3 is 2.32 bits per heavy atom. The molecule has 4 heteroatoms. The van der Waals surface area contributed by atoms with Gasteiger partial charge in [-0.2, -0.15) is 12.6 Å². The summed E-state index contributed by atoms with van der Waals surface area (Å²) in [4.78, 5) is 0. The Kier molecular flexibility index (Phi) is 7.41. The summed E-state index contributed by atoms with van der Waals surface area (Å²) in [6.45, 7) is 5.03. The molecule has 1 rings (SSSR count). The van der Waals surface area contributed by atoms with Crippen LogP contribution in [0.15, 0.2) is 18.2 Å². The predicted molar refractivity (Wildman–Crippen MR) is 88.1 cm³/mol. The fourth-order valence-electron chi connectivity index (χ4n) is 2.35. The van der Waals surface area contributed by atoms with Gasteiger partial charge in [0.15, 0.2) is 0 Å². The summed E-state index contributed by atoms with van der Waals surface area (Å²) in [5.74, 6) is 1.49. The van der Waals surface area contributed by atoms with Crippen molar-refractivity contribution < 1.29 is 4.74 Å². The minimum absolute atomic E-state index is 0.123. The van der Waals surface area contributed by atoms with E-state index in [1.54, 1.807) is 18.2 Å². The summed E-state index contributed by atoms with van der Waals surface area (Å²) in [7, 11) is 0. The summed E-state index contributed by atoms with van der Waals surface area (Å²) in [5.41, 5.74) is 0.123. The number of rotatable bonds is 8. The zero-order valence-corrected chi connectivity index (χ0v) is 14.0. The molecule has 0 heterocycles. The van der Waals surface area contributed by atoms with Crippen molar-refractivity contribution in [1.82, 2.24) is 0 Å². The molecule has 0 aliphatic rings. The van der Waals surface area contributed by atoms with E-state index in [4.69, 9.17) is 27.9 Å². The Morgan fingerprint density at radius 2 is 1.79 bits per heavy atom. The molecule has 19 heavy (non-hydrogen) atoms. The van der Waals surface area contributed by atoms with Crippen LogP contribution in [-0.4, -0.2) is 12.4 Å². The molecule has 0 unspecified atom stereocenters. The van der Waals surface area contributed by atoms with Crippen LogP contribution in [0.3, 0.4) is 0 Å². The molecule has 0 aromatic heterocycles. The van der Waals surface area contributed by atoms with Crippen LogP contribution in [0.25, 0.3) is 0 Å². The van der Waals surface area contributed by atoms with Crippen molar-refractivity contribution in [3.63, 3.8) is 0 Å². The van der Waals surface area contributed by atoms with Gasteiger partial charge in [0.2, 0.25) is 0 Å². The highest BCUT2D eigenvalue weighted by atomic mass is 35.5. The summed E-state index contributed by atoms with van der Waals surface area (Å²) in [6.07, 6.45) is 4.49. The van der Waals surface area contributed by atoms with Crippen LogP contribution in [0.2, 0.25) is 10.0 Å². The molecule has 0 spiro atoms. The molecule has 1 aromatic carbocycles. The zero-order valence-electron chi connectivity index (χ0n) is 11.6. The van der Waals surface area contributed by atoms with Crippen molar-refractivity contribution >= 4 is 35.8 Å². The number of halogens is 2. The van der Waals surface area contributed by atoms with E-state index < -0.39 is 0 Å². The number of ether oxygens (including phenoxy) is 1. The highest BCUT2D eigenvalue weighted by Gasteiger charge is 2.28. The third-order valence-corrected chi connectivity index (χ3v) is 4.54. The number of benzene rings is 1. The molecule has 0 aliphatic carbocycles. The third kappa shape index (κ3) is 5.09. The SMILES string of the molecule is CCCC(CS)(CCC)COc1cc(Cl)ccc1Cl. The molecule has 1 aromatic rings. The lowest BCUT2D eigenvalue weighted by Gasteiger charge is -2.32. The quantitative estimate of drug-likeness (QED) is 0.587. The highest BCUT2D eigenvalue weighted by molar-refractivity contribution is 7.80. The molecule has 0 saturated heterocycles. The normalized spacial score (nSPS) is 11.6. The molecule has 0 aliphatic heterocycles. The van der Waals surface area contributed by atoms with E-state index in [0.717, 1.165) is 31.4 Å². The van der Waals surface area contributed by atoms with Gasteiger partial charge in [0.05, 0.1) is 11.6 Å². The zero-order chi connectivity index (χ0) is 14.3. The molecule has 0 amide bonds. The van der Waals surface area contributed by atoms with E-state index >= 15 is 0 Å². The van der Waals surface area contributed by atoms with Crippen molar-refractivity contribution in [2.24, 2.45) is 5.41 Å². The average molecular weight is 321 g/mol. The van der Waals surface area contributed by atoms with Gasteiger partial charge in [0.1, 0.15) is 5.75 Å². The van der Waals surface area contributed by atoms with Crippen LogP contribution in [0.4, 0.5) is 0 Å². The van der Waals surface area contributed by atoms with E-state index in [1.807, 2.05) is 0 Å². The molecule has 0 atom stereocenters. The smallest absolute Gasteiger partial charge is 0.139 e. The maximum atomic E-state index is 6.12. The Hall–Kier alpha value is -0.0500. The minimum Gasteiger partial charge on any atom is -0.491 e. The van der Waals surface area contributed by atoms with Crippen LogP contribution in [0, 0.1) is 5.41 Å². The fourth-order valence-corrected chi connectivity index (χ4v) is 3.09. The van der Waals surface area contributed by atoms with Gasteiger partial charge >= 0.3 is 0 Å².